The van der Waals surface area contributed by atoms with E-state index in [9.17, 15) is 5.11 Å². The molecule has 0 bridgehead atoms. The van der Waals surface area contributed by atoms with Crippen molar-refractivity contribution in [3.05, 3.63) is 35.9 Å². The molecule has 0 spiro atoms. The van der Waals surface area contributed by atoms with Crippen molar-refractivity contribution in [3.63, 3.8) is 0 Å². The van der Waals surface area contributed by atoms with E-state index in [1.165, 1.54) is 0 Å². The highest BCUT2D eigenvalue weighted by atomic mass is 16.3. The molecule has 2 N–H and O–H groups in total. The maximum atomic E-state index is 10.2. The molecule has 0 aromatic heterocycles. The first-order valence-electron chi connectivity index (χ1n) is 6.95. The molecule has 0 aliphatic carbocycles. The van der Waals surface area contributed by atoms with Gasteiger partial charge in [0, 0.05) is 36.4 Å². The van der Waals surface area contributed by atoms with Crippen molar-refractivity contribution in [1.29, 1.82) is 0 Å². The molecule has 1 aromatic rings. The molecule has 0 radical (unpaired) electrons. The molecule has 3 nitrogen and oxygen atoms in total. The smallest absolute Gasteiger partial charge is 0.122 e. The number of phenols is 1. The SMILES string of the molecule is C=C(C)CN(CC)c1ccc(C(C)NCC)c(O)c1. The van der Waals surface area contributed by atoms with Gasteiger partial charge in [0.15, 0.2) is 0 Å². The standard InChI is InChI=1S/C16H26N2O/c1-6-17-13(5)15-9-8-14(10-16(15)19)18(7-2)11-12(3)4/h8-10,13,17,19H,3,6-7,11H2,1-2,4-5H3. The van der Waals surface area contributed by atoms with Crippen LogP contribution in [0.25, 0.3) is 0 Å². The minimum atomic E-state index is 0.162. The lowest BCUT2D eigenvalue weighted by Crippen LogP contribution is -2.24. The highest BCUT2D eigenvalue weighted by Crippen LogP contribution is 2.29. The van der Waals surface area contributed by atoms with Crippen molar-refractivity contribution in [3.8, 4) is 5.75 Å². The lowest BCUT2D eigenvalue weighted by atomic mass is 10.1. The summed E-state index contributed by atoms with van der Waals surface area (Å²) >= 11 is 0. The van der Waals surface area contributed by atoms with Crippen LogP contribution < -0.4 is 10.2 Å². The largest absolute Gasteiger partial charge is 0.508 e. The van der Waals surface area contributed by atoms with Crippen LogP contribution in [0.5, 0.6) is 5.75 Å². The Balaban J connectivity index is 2.94. The monoisotopic (exact) mass is 262 g/mol. The number of nitrogens with one attached hydrogen (secondary N) is 1. The van der Waals surface area contributed by atoms with Gasteiger partial charge in [-0.2, -0.15) is 0 Å². The van der Waals surface area contributed by atoms with Crippen LogP contribution in [0.3, 0.4) is 0 Å². The maximum absolute atomic E-state index is 10.2. The molecule has 1 rings (SSSR count). The first-order chi connectivity index (χ1) is 8.99. The van der Waals surface area contributed by atoms with Gasteiger partial charge in [-0.1, -0.05) is 25.1 Å². The summed E-state index contributed by atoms with van der Waals surface area (Å²) in [6.45, 7) is 14.8. The van der Waals surface area contributed by atoms with Crippen LogP contribution in [-0.2, 0) is 0 Å². The summed E-state index contributed by atoms with van der Waals surface area (Å²) in [5.74, 6) is 0.353. The van der Waals surface area contributed by atoms with Crippen LogP contribution >= 0.6 is 0 Å². The van der Waals surface area contributed by atoms with Crippen molar-refractivity contribution in [2.45, 2.75) is 33.7 Å². The zero-order chi connectivity index (χ0) is 14.4. The second-order valence-corrected chi connectivity index (χ2v) is 4.99. The van der Waals surface area contributed by atoms with Gasteiger partial charge in [0.25, 0.3) is 0 Å². The van der Waals surface area contributed by atoms with Gasteiger partial charge in [-0.05, 0) is 33.4 Å². The van der Waals surface area contributed by atoms with Gasteiger partial charge < -0.3 is 15.3 Å². The van der Waals surface area contributed by atoms with E-state index in [1.807, 2.05) is 19.1 Å². The predicted molar refractivity (Wildman–Crippen MR) is 82.9 cm³/mol. The number of hydrogen-bond acceptors (Lipinski definition) is 3. The average molecular weight is 262 g/mol. The molecular weight excluding hydrogens is 236 g/mol. The van der Waals surface area contributed by atoms with E-state index < -0.39 is 0 Å². The molecule has 19 heavy (non-hydrogen) atoms. The van der Waals surface area contributed by atoms with Crippen LogP contribution in [0, 0.1) is 0 Å². The zero-order valence-corrected chi connectivity index (χ0v) is 12.5. The van der Waals surface area contributed by atoms with Gasteiger partial charge in [-0.25, -0.2) is 0 Å². The minimum absolute atomic E-state index is 0.162. The number of aromatic hydroxyl groups is 1. The van der Waals surface area contributed by atoms with E-state index in [0.29, 0.717) is 5.75 Å². The van der Waals surface area contributed by atoms with Crippen molar-refractivity contribution < 1.29 is 5.11 Å². The Labute approximate surface area is 116 Å². The van der Waals surface area contributed by atoms with Crippen LogP contribution in [0.4, 0.5) is 5.69 Å². The highest BCUT2D eigenvalue weighted by molar-refractivity contribution is 5.54. The molecule has 0 saturated heterocycles. The fourth-order valence-electron chi connectivity index (χ4n) is 2.22. The zero-order valence-electron chi connectivity index (χ0n) is 12.5. The molecule has 0 saturated carbocycles. The van der Waals surface area contributed by atoms with Gasteiger partial charge in [0.2, 0.25) is 0 Å². The minimum Gasteiger partial charge on any atom is -0.508 e. The summed E-state index contributed by atoms with van der Waals surface area (Å²) in [4.78, 5) is 2.20. The molecule has 0 aliphatic heterocycles. The molecule has 0 heterocycles. The fraction of sp³-hybridized carbons (Fsp3) is 0.500. The van der Waals surface area contributed by atoms with E-state index >= 15 is 0 Å². The number of anilines is 1. The van der Waals surface area contributed by atoms with Gasteiger partial charge in [-0.15, -0.1) is 0 Å². The van der Waals surface area contributed by atoms with Crippen LogP contribution in [-0.4, -0.2) is 24.7 Å². The summed E-state index contributed by atoms with van der Waals surface area (Å²) < 4.78 is 0. The second-order valence-electron chi connectivity index (χ2n) is 4.99. The van der Waals surface area contributed by atoms with Gasteiger partial charge in [0.1, 0.15) is 5.75 Å². The molecule has 106 valence electrons. The Morgan fingerprint density at radius 2 is 2.11 bits per heavy atom. The van der Waals surface area contributed by atoms with Gasteiger partial charge in [-0.3, -0.25) is 0 Å². The molecule has 0 aliphatic rings. The molecule has 1 aromatic carbocycles. The van der Waals surface area contributed by atoms with Crippen LogP contribution in [0.15, 0.2) is 30.4 Å². The third-order valence-corrected chi connectivity index (χ3v) is 3.20. The number of likely N-dealkylation sites (N-methyl/N-ethyl adjacent to an activating group) is 1. The Kier molecular flexibility index (Phi) is 5.90. The quantitative estimate of drug-likeness (QED) is 0.739. The third kappa shape index (κ3) is 4.28. The Hall–Kier alpha value is -1.48. The molecule has 0 amide bonds. The fourth-order valence-corrected chi connectivity index (χ4v) is 2.22. The molecule has 0 fully saturated rings. The van der Waals surface area contributed by atoms with E-state index in [4.69, 9.17) is 0 Å². The van der Waals surface area contributed by atoms with Crippen molar-refractivity contribution in [2.24, 2.45) is 0 Å². The second kappa shape index (κ2) is 7.19. The number of hydrogen-bond donors (Lipinski definition) is 2. The predicted octanol–water partition coefficient (Wildman–Crippen LogP) is 3.47. The molecular formula is C16H26N2O. The number of nitrogens with zero attached hydrogens (tertiary/aromatic N) is 1. The molecule has 1 atom stereocenters. The Morgan fingerprint density at radius 1 is 1.42 bits per heavy atom. The van der Waals surface area contributed by atoms with E-state index in [0.717, 1.165) is 36.5 Å². The van der Waals surface area contributed by atoms with E-state index in [-0.39, 0.29) is 6.04 Å². The van der Waals surface area contributed by atoms with Crippen LogP contribution in [0.1, 0.15) is 39.3 Å². The van der Waals surface area contributed by atoms with Crippen LogP contribution in [0.2, 0.25) is 0 Å². The lowest BCUT2D eigenvalue weighted by molar-refractivity contribution is 0.454. The number of rotatable bonds is 7. The molecule has 3 heteroatoms. The van der Waals surface area contributed by atoms with Crippen molar-refractivity contribution >= 4 is 5.69 Å². The first-order valence-corrected chi connectivity index (χ1v) is 6.95. The summed E-state index contributed by atoms with van der Waals surface area (Å²) in [7, 11) is 0. The molecule has 1 unspecified atom stereocenters. The third-order valence-electron chi connectivity index (χ3n) is 3.20. The van der Waals surface area contributed by atoms with Gasteiger partial charge >= 0.3 is 0 Å². The lowest BCUT2D eigenvalue weighted by Gasteiger charge is -2.24. The Bertz CT molecular complexity index is 429. The highest BCUT2D eigenvalue weighted by Gasteiger charge is 2.12. The van der Waals surface area contributed by atoms with Crippen molar-refractivity contribution in [2.75, 3.05) is 24.5 Å². The first kappa shape index (κ1) is 15.6. The number of phenolic OH excluding ortho intramolecular Hbond substituents is 1. The van der Waals surface area contributed by atoms with Gasteiger partial charge in [0.05, 0.1) is 0 Å². The normalized spacial score (nSPS) is 12.2. The number of benzene rings is 1. The average Bonchev–Trinajstić information content (AvgIpc) is 2.35. The maximum Gasteiger partial charge on any atom is 0.122 e. The Morgan fingerprint density at radius 3 is 2.58 bits per heavy atom. The van der Waals surface area contributed by atoms with Crippen molar-refractivity contribution in [1.82, 2.24) is 5.32 Å². The summed E-state index contributed by atoms with van der Waals surface area (Å²) in [5, 5.41) is 13.5. The summed E-state index contributed by atoms with van der Waals surface area (Å²) in [6.07, 6.45) is 0. The topological polar surface area (TPSA) is 35.5 Å². The summed E-state index contributed by atoms with van der Waals surface area (Å²) in [5.41, 5.74) is 3.10. The van der Waals surface area contributed by atoms with E-state index in [1.54, 1.807) is 0 Å². The van der Waals surface area contributed by atoms with E-state index in [2.05, 4.69) is 43.6 Å². The summed E-state index contributed by atoms with van der Waals surface area (Å²) in [6, 6.07) is 6.07.